The Hall–Kier alpha value is -3.17. The van der Waals surface area contributed by atoms with Crippen LogP contribution in [0.5, 0.6) is 5.75 Å². The lowest BCUT2D eigenvalue weighted by Crippen LogP contribution is -2.30. The van der Waals surface area contributed by atoms with Crippen LogP contribution < -0.4 is 10.1 Å². The molecule has 2 aromatic heterocycles. The number of nitrogens with zero attached hydrogens (tertiary/aromatic N) is 4. The molecule has 2 heterocycles. The van der Waals surface area contributed by atoms with E-state index in [0.717, 1.165) is 12.8 Å². The second-order valence-corrected chi connectivity index (χ2v) is 8.94. The van der Waals surface area contributed by atoms with Crippen molar-refractivity contribution in [2.45, 2.75) is 72.1 Å². The van der Waals surface area contributed by atoms with E-state index in [1.165, 1.54) is 0 Å². The van der Waals surface area contributed by atoms with E-state index in [-0.39, 0.29) is 30.6 Å². The van der Waals surface area contributed by atoms with Crippen LogP contribution >= 0.6 is 0 Å². The Morgan fingerprint density at radius 2 is 2.03 bits per heavy atom. The number of amides is 1. The number of aryl methyl sites for hydroxylation is 2. The molecule has 10 heteroatoms. The molecule has 2 aromatic rings. The van der Waals surface area contributed by atoms with Crippen LogP contribution in [0.25, 0.3) is 11.4 Å². The van der Waals surface area contributed by atoms with Gasteiger partial charge in [0, 0.05) is 7.05 Å². The number of aliphatic carboxylic acids is 1. The number of carbonyl (C=O) groups is 2. The maximum Gasteiger partial charge on any atom is 0.407 e. The van der Waals surface area contributed by atoms with E-state index < -0.39 is 12.1 Å². The first-order chi connectivity index (χ1) is 15.7. The van der Waals surface area contributed by atoms with Gasteiger partial charge in [0.25, 0.3) is 0 Å². The molecule has 1 amide bonds. The molecule has 10 nitrogen and oxygen atoms in total. The summed E-state index contributed by atoms with van der Waals surface area (Å²) in [6.45, 7) is 7.87. The Labute approximate surface area is 193 Å². The van der Waals surface area contributed by atoms with E-state index in [2.05, 4.69) is 20.6 Å². The van der Waals surface area contributed by atoms with E-state index in [9.17, 15) is 14.7 Å². The number of carbonyl (C=O) groups excluding carboxylic acids is 1. The Morgan fingerprint density at radius 1 is 1.27 bits per heavy atom. The molecule has 3 atom stereocenters. The predicted octanol–water partition coefficient (Wildman–Crippen LogP) is 3.48. The molecule has 0 spiro atoms. The highest BCUT2D eigenvalue weighted by Crippen LogP contribution is 2.30. The topological polar surface area (TPSA) is 128 Å². The fourth-order valence-electron chi connectivity index (χ4n) is 3.74. The lowest BCUT2D eigenvalue weighted by Gasteiger charge is -2.27. The second-order valence-electron chi connectivity index (χ2n) is 8.94. The molecular formula is C23H33N5O5. The largest absolute Gasteiger partial charge is 0.489 e. The van der Waals surface area contributed by atoms with Gasteiger partial charge in [-0.2, -0.15) is 0 Å². The van der Waals surface area contributed by atoms with E-state index in [4.69, 9.17) is 9.47 Å². The molecule has 180 valence electrons. The molecule has 2 N–H and O–H groups in total. The zero-order valence-corrected chi connectivity index (χ0v) is 19.9. The first-order valence-electron chi connectivity index (χ1n) is 11.4. The summed E-state index contributed by atoms with van der Waals surface area (Å²) in [5.41, 5.74) is 2.55. The molecule has 1 aliphatic rings. The molecule has 0 radical (unpaired) electrons. The molecule has 33 heavy (non-hydrogen) atoms. The van der Waals surface area contributed by atoms with Crippen LogP contribution in [0.3, 0.4) is 0 Å². The lowest BCUT2D eigenvalue weighted by atomic mass is 9.87. The van der Waals surface area contributed by atoms with Gasteiger partial charge in [0.2, 0.25) is 0 Å². The lowest BCUT2D eigenvalue weighted by molar-refractivity contribution is -0.143. The molecule has 0 saturated heterocycles. The minimum absolute atomic E-state index is 0.137. The van der Waals surface area contributed by atoms with Gasteiger partial charge in [0.15, 0.2) is 0 Å². The maximum atomic E-state index is 12.1. The average molecular weight is 460 g/mol. The van der Waals surface area contributed by atoms with Gasteiger partial charge in [-0.3, -0.25) is 4.79 Å². The number of carboxylic acids is 1. The normalized spacial score (nSPS) is 19.2. The van der Waals surface area contributed by atoms with Gasteiger partial charge in [0.05, 0.1) is 35.6 Å². The zero-order valence-electron chi connectivity index (χ0n) is 19.9. The molecule has 0 aliphatic heterocycles. The van der Waals surface area contributed by atoms with Crippen LogP contribution in [-0.2, 0) is 23.1 Å². The van der Waals surface area contributed by atoms with Gasteiger partial charge in [0.1, 0.15) is 17.5 Å². The molecule has 3 rings (SSSR count). The average Bonchev–Trinajstić information content (AvgIpc) is 3.14. The summed E-state index contributed by atoms with van der Waals surface area (Å²) >= 11 is 0. The third kappa shape index (κ3) is 6.21. The summed E-state index contributed by atoms with van der Waals surface area (Å²) in [5.74, 6) is -0.271. The van der Waals surface area contributed by atoms with Crippen LogP contribution in [0.15, 0.2) is 12.1 Å². The van der Waals surface area contributed by atoms with Crippen molar-refractivity contribution < 1.29 is 24.2 Å². The maximum absolute atomic E-state index is 12.1. The number of rotatable bonds is 8. The van der Waals surface area contributed by atoms with Crippen molar-refractivity contribution >= 4 is 12.1 Å². The number of hydrogen-bond donors (Lipinski definition) is 2. The quantitative estimate of drug-likeness (QED) is 0.614. The summed E-state index contributed by atoms with van der Waals surface area (Å²) in [5, 5.41) is 20.3. The Balaban J connectivity index is 1.69. The number of ether oxygens (including phenoxy) is 2. The van der Waals surface area contributed by atoms with E-state index >= 15 is 0 Å². The van der Waals surface area contributed by atoms with Crippen LogP contribution in [0.2, 0.25) is 0 Å². The fraction of sp³-hybridized carbons (Fsp3) is 0.609. The Morgan fingerprint density at radius 3 is 2.70 bits per heavy atom. The SMILES string of the molecule is Cc1nc(-c2nnn(C)c2CNC(=O)O[C@H](C)C(C)C)ccc1O[C@H]1CCC[C@H](C(=O)O)C1. The minimum Gasteiger partial charge on any atom is -0.489 e. The highest BCUT2D eigenvalue weighted by Gasteiger charge is 2.28. The standard InChI is InChI=1S/C23H33N5O5/c1-13(2)15(4)32-23(31)24-12-19-21(26-27-28(19)5)18-9-10-20(14(3)25-18)33-17-8-6-7-16(11-17)22(29)30/h9-10,13,15-17H,6-8,11-12H2,1-5H3,(H,24,31)(H,29,30)/t15-,16+,17+/m1/s1. The monoisotopic (exact) mass is 459 g/mol. The van der Waals surface area contributed by atoms with Gasteiger partial charge in [-0.05, 0) is 57.6 Å². The smallest absolute Gasteiger partial charge is 0.407 e. The summed E-state index contributed by atoms with van der Waals surface area (Å²) in [6.07, 6.45) is 2.03. The number of hydrogen-bond acceptors (Lipinski definition) is 7. The summed E-state index contributed by atoms with van der Waals surface area (Å²) < 4.78 is 13.0. The third-order valence-corrected chi connectivity index (χ3v) is 6.12. The van der Waals surface area contributed by atoms with Gasteiger partial charge in [-0.1, -0.05) is 19.1 Å². The number of aromatic nitrogens is 4. The third-order valence-electron chi connectivity index (χ3n) is 6.12. The Bertz CT molecular complexity index is 990. The molecule has 0 bridgehead atoms. The van der Waals surface area contributed by atoms with Crippen LogP contribution in [0, 0.1) is 18.8 Å². The summed E-state index contributed by atoms with van der Waals surface area (Å²) in [4.78, 5) is 28.1. The summed E-state index contributed by atoms with van der Waals surface area (Å²) in [6, 6.07) is 3.62. The highest BCUT2D eigenvalue weighted by molar-refractivity contribution is 5.70. The molecular weight excluding hydrogens is 426 g/mol. The molecule has 1 aliphatic carbocycles. The van der Waals surface area contributed by atoms with Crippen molar-refractivity contribution in [3.63, 3.8) is 0 Å². The van der Waals surface area contributed by atoms with Crippen molar-refractivity contribution in [2.75, 3.05) is 0 Å². The second kappa shape index (κ2) is 10.6. The van der Waals surface area contributed by atoms with Crippen molar-refractivity contribution in [3.05, 3.63) is 23.5 Å². The van der Waals surface area contributed by atoms with E-state index in [0.29, 0.717) is 41.4 Å². The van der Waals surface area contributed by atoms with Crippen molar-refractivity contribution in [1.82, 2.24) is 25.3 Å². The molecule has 0 aromatic carbocycles. The van der Waals surface area contributed by atoms with Crippen LogP contribution in [0.4, 0.5) is 4.79 Å². The Kier molecular flexibility index (Phi) is 7.88. The van der Waals surface area contributed by atoms with E-state index in [1.807, 2.05) is 33.8 Å². The number of nitrogens with one attached hydrogen (secondary N) is 1. The molecule has 1 saturated carbocycles. The first-order valence-corrected chi connectivity index (χ1v) is 11.4. The van der Waals surface area contributed by atoms with Gasteiger partial charge < -0.3 is 19.9 Å². The van der Waals surface area contributed by atoms with E-state index in [1.54, 1.807) is 17.8 Å². The molecule has 1 fully saturated rings. The van der Waals surface area contributed by atoms with Crippen molar-refractivity contribution in [2.24, 2.45) is 18.9 Å². The fourth-order valence-corrected chi connectivity index (χ4v) is 3.74. The first kappa shape index (κ1) is 24.5. The van der Waals surface area contributed by atoms with Gasteiger partial charge >= 0.3 is 12.1 Å². The number of alkyl carbamates (subject to hydrolysis) is 1. The zero-order chi connectivity index (χ0) is 24.1. The van der Waals surface area contributed by atoms with Gasteiger partial charge in [-0.15, -0.1) is 5.10 Å². The minimum atomic E-state index is -0.764. The molecule has 0 unspecified atom stereocenters. The van der Waals surface area contributed by atoms with Gasteiger partial charge in [-0.25, -0.2) is 14.5 Å². The van der Waals surface area contributed by atoms with Crippen LogP contribution in [0.1, 0.15) is 57.8 Å². The van der Waals surface area contributed by atoms with Crippen molar-refractivity contribution in [1.29, 1.82) is 0 Å². The predicted molar refractivity (Wildman–Crippen MR) is 121 cm³/mol. The highest BCUT2D eigenvalue weighted by atomic mass is 16.6. The number of pyridine rings is 1. The van der Waals surface area contributed by atoms with Crippen LogP contribution in [-0.4, -0.2) is 49.4 Å². The van der Waals surface area contributed by atoms with Crippen molar-refractivity contribution in [3.8, 4) is 17.1 Å². The number of carboxylic acid groups (broad SMARTS) is 1. The summed E-state index contributed by atoms with van der Waals surface area (Å²) in [7, 11) is 1.75.